The Morgan fingerprint density at radius 1 is 0.750 bits per heavy atom. The van der Waals surface area contributed by atoms with Crippen molar-refractivity contribution in [1.29, 1.82) is 0 Å². The van der Waals surface area contributed by atoms with Gasteiger partial charge in [-0.25, -0.2) is 0 Å². The van der Waals surface area contributed by atoms with Gasteiger partial charge >= 0.3 is 0 Å². The number of aliphatic hydroxyl groups is 1. The third-order valence-corrected chi connectivity index (χ3v) is 13.2. The summed E-state index contributed by atoms with van der Waals surface area (Å²) in [4.78, 5) is 121. The van der Waals surface area contributed by atoms with Crippen molar-refractivity contribution in [2.24, 2.45) is 0 Å². The van der Waals surface area contributed by atoms with Gasteiger partial charge in [-0.2, -0.15) is 0 Å². The molecule has 17 nitrogen and oxygen atoms in total. The summed E-state index contributed by atoms with van der Waals surface area (Å²) in [6.07, 6.45) is -0.484. The van der Waals surface area contributed by atoms with Gasteiger partial charge in [-0.15, -0.1) is 22.7 Å². The van der Waals surface area contributed by atoms with Crippen LogP contribution in [0.2, 0.25) is 0 Å². The molecule has 4 aromatic rings. The summed E-state index contributed by atoms with van der Waals surface area (Å²) in [6, 6.07) is 9.57. The van der Waals surface area contributed by atoms with E-state index in [1.54, 1.807) is 15.7 Å². The van der Waals surface area contributed by atoms with E-state index in [4.69, 9.17) is 0 Å². The van der Waals surface area contributed by atoms with Gasteiger partial charge in [0.15, 0.2) is 0 Å². The highest BCUT2D eigenvalue weighted by Gasteiger charge is 2.44. The molecule has 3 atom stereocenters. The fourth-order valence-corrected chi connectivity index (χ4v) is 9.85. The van der Waals surface area contributed by atoms with Gasteiger partial charge in [-0.1, -0.05) is 24.3 Å². The summed E-state index contributed by atoms with van der Waals surface area (Å²) in [5.41, 5.74) is 3.04. The quantitative estimate of drug-likeness (QED) is 0.0779. The van der Waals surface area contributed by atoms with Crippen molar-refractivity contribution >= 4 is 75.6 Å². The van der Waals surface area contributed by atoms with Crippen LogP contribution in [0.1, 0.15) is 95.0 Å². The van der Waals surface area contributed by atoms with E-state index in [-0.39, 0.29) is 87.1 Å². The Morgan fingerprint density at radius 2 is 1.35 bits per heavy atom. The molecule has 8 rings (SSSR count). The standard InChI is InChI=1S/C41H36N6O11S2/c48-23-7-5-22(6-8-23)35(52)38(55)43-14-31-25-17-46(40(57)27(25)19-60-31)29-10-12-33(50)47(41(29)58)15-20-1-3-21(4-2-20)34(51)37(54)42-13-30-24-16-45(39(56)26(24)18-59-30)28-9-11-32(49)44-36(28)53/h1-8,18-19,28-29,39,48,56H,9-17H2,(H,42,54)(H,43,55)(H,44,49,53). The number of nitrogens with one attached hydrogen (secondary N) is 3. The second kappa shape index (κ2) is 16.3. The fourth-order valence-electron chi connectivity index (χ4n) is 7.86. The fraction of sp³-hybridized carbons (Fsp3) is 0.293. The van der Waals surface area contributed by atoms with Crippen molar-refractivity contribution in [2.45, 2.75) is 76.7 Å². The predicted octanol–water partition coefficient (Wildman–Crippen LogP) is 1.80. The number of phenolic OH excluding ortho intramolecular Hbond substituents is 1. The lowest BCUT2D eigenvalue weighted by Gasteiger charge is -2.35. The van der Waals surface area contributed by atoms with Crippen molar-refractivity contribution in [3.8, 4) is 5.75 Å². The van der Waals surface area contributed by atoms with Crippen LogP contribution in [0.3, 0.4) is 0 Å². The highest BCUT2D eigenvalue weighted by molar-refractivity contribution is 7.10. The molecule has 2 fully saturated rings. The molecule has 4 aliphatic rings. The van der Waals surface area contributed by atoms with Gasteiger partial charge in [0.05, 0.1) is 31.2 Å². The van der Waals surface area contributed by atoms with Crippen molar-refractivity contribution in [1.82, 2.24) is 30.7 Å². The number of aromatic hydroxyl groups is 1. The Bertz CT molecular complexity index is 2500. The number of hydrogen-bond donors (Lipinski definition) is 5. The molecule has 7 amide bonds. The highest BCUT2D eigenvalue weighted by Crippen LogP contribution is 2.40. The number of benzene rings is 2. The van der Waals surface area contributed by atoms with Gasteiger partial charge in [-0.05, 0) is 59.2 Å². The van der Waals surface area contributed by atoms with Gasteiger partial charge in [0.2, 0.25) is 29.3 Å². The minimum Gasteiger partial charge on any atom is -0.508 e. The molecule has 60 heavy (non-hydrogen) atoms. The van der Waals surface area contributed by atoms with E-state index >= 15 is 0 Å². The van der Waals surface area contributed by atoms with Crippen LogP contribution in [0.5, 0.6) is 5.75 Å². The monoisotopic (exact) mass is 852 g/mol. The van der Waals surface area contributed by atoms with Crippen molar-refractivity contribution in [3.63, 3.8) is 0 Å². The molecule has 6 heterocycles. The van der Waals surface area contributed by atoms with E-state index in [2.05, 4.69) is 16.0 Å². The molecule has 308 valence electrons. The molecule has 5 N–H and O–H groups in total. The second-order valence-corrected chi connectivity index (χ2v) is 16.7. The number of ketones is 2. The Morgan fingerprint density at radius 3 is 2.00 bits per heavy atom. The Kier molecular flexibility index (Phi) is 11.0. The van der Waals surface area contributed by atoms with Gasteiger partial charge in [0, 0.05) is 57.8 Å². The van der Waals surface area contributed by atoms with E-state index in [0.29, 0.717) is 32.0 Å². The third-order valence-electron chi connectivity index (χ3n) is 11.1. The average Bonchev–Trinajstić information content (AvgIpc) is 4.00. The molecule has 0 spiro atoms. The van der Waals surface area contributed by atoms with E-state index in [1.165, 1.54) is 76.1 Å². The number of carbonyl (C=O) groups is 9. The third kappa shape index (κ3) is 7.63. The van der Waals surface area contributed by atoms with Crippen LogP contribution in [0.25, 0.3) is 0 Å². The zero-order chi connectivity index (χ0) is 42.4. The van der Waals surface area contributed by atoms with Crippen LogP contribution in [0.15, 0.2) is 59.3 Å². The van der Waals surface area contributed by atoms with Crippen LogP contribution >= 0.6 is 22.7 Å². The number of piperidine rings is 2. The number of hydrogen-bond acceptors (Lipinski definition) is 14. The SMILES string of the molecule is O=C1CCC(N2Cc3c(csc3CNC(=O)C(=O)c3ccc(CN4C(=O)CCC(N5Cc6c(csc6CNC(=O)C(=O)c6ccc(O)cc6)C5=O)C4=O)cc3)C2O)C(=O)N1. The first-order valence-corrected chi connectivity index (χ1v) is 20.7. The number of imide groups is 2. The number of fused-ring (bicyclic) bond motifs is 2. The first-order chi connectivity index (χ1) is 28.8. The maximum atomic E-state index is 13.8. The van der Waals surface area contributed by atoms with Gasteiger partial charge < -0.3 is 25.7 Å². The lowest BCUT2D eigenvalue weighted by atomic mass is 10.0. The van der Waals surface area contributed by atoms with Crippen LogP contribution in [0.4, 0.5) is 0 Å². The molecule has 2 aromatic carbocycles. The summed E-state index contributed by atoms with van der Waals surface area (Å²) in [7, 11) is 0. The maximum Gasteiger partial charge on any atom is 0.292 e. The Hall–Kier alpha value is -6.41. The first-order valence-electron chi connectivity index (χ1n) is 18.9. The summed E-state index contributed by atoms with van der Waals surface area (Å²) in [5.74, 6) is -5.58. The number of Topliss-reactive ketones (excluding diaryl/α,β-unsaturated/α-hetero) is 2. The predicted molar refractivity (Wildman–Crippen MR) is 211 cm³/mol. The van der Waals surface area contributed by atoms with Crippen LogP contribution in [-0.4, -0.2) is 89.9 Å². The molecule has 0 saturated carbocycles. The van der Waals surface area contributed by atoms with E-state index in [9.17, 15) is 53.4 Å². The van der Waals surface area contributed by atoms with Gasteiger partial charge in [0.25, 0.3) is 23.6 Å². The number of amides is 7. The van der Waals surface area contributed by atoms with Crippen LogP contribution in [-0.2, 0) is 61.5 Å². The molecule has 0 bridgehead atoms. The van der Waals surface area contributed by atoms with E-state index < -0.39 is 59.4 Å². The summed E-state index contributed by atoms with van der Waals surface area (Å²) >= 11 is 2.55. The highest BCUT2D eigenvalue weighted by atomic mass is 32.1. The Balaban J connectivity index is 0.848. The van der Waals surface area contributed by atoms with Crippen molar-refractivity contribution < 1.29 is 53.4 Å². The maximum absolute atomic E-state index is 13.8. The molecule has 0 aliphatic carbocycles. The minimum absolute atomic E-state index is 0.00676. The molecular formula is C41H36N6O11S2. The number of thiophene rings is 2. The molecule has 3 unspecified atom stereocenters. The molecule has 0 radical (unpaired) electrons. The molecule has 2 aromatic heterocycles. The minimum atomic E-state index is -1.05. The van der Waals surface area contributed by atoms with Crippen molar-refractivity contribution in [3.05, 3.63) is 108 Å². The van der Waals surface area contributed by atoms with Gasteiger partial charge in [-0.3, -0.25) is 58.3 Å². The number of phenols is 1. The zero-order valence-corrected chi connectivity index (χ0v) is 33.2. The number of nitrogens with zero attached hydrogens (tertiary/aromatic N) is 3. The normalized spacial score (nSPS) is 20.2. The first kappa shape index (κ1) is 40.4. The van der Waals surface area contributed by atoms with Crippen molar-refractivity contribution in [2.75, 3.05) is 0 Å². The smallest absolute Gasteiger partial charge is 0.292 e. The molecular weight excluding hydrogens is 817 g/mol. The van der Waals surface area contributed by atoms with Crippen LogP contribution in [0, 0.1) is 0 Å². The lowest BCUT2D eigenvalue weighted by Crippen LogP contribution is -2.54. The number of carbonyl (C=O) groups excluding carboxylic acids is 9. The zero-order valence-electron chi connectivity index (χ0n) is 31.6. The summed E-state index contributed by atoms with van der Waals surface area (Å²) in [5, 5.41) is 31.2. The number of aliphatic hydroxyl groups excluding tert-OH is 1. The molecule has 2 saturated heterocycles. The lowest BCUT2D eigenvalue weighted by molar-refractivity contribution is -0.153. The van der Waals surface area contributed by atoms with E-state index in [0.717, 1.165) is 10.5 Å². The number of rotatable bonds is 12. The molecule has 19 heteroatoms. The Labute approximate surface area is 348 Å². The summed E-state index contributed by atoms with van der Waals surface area (Å²) < 4.78 is 0. The average molecular weight is 853 g/mol. The largest absolute Gasteiger partial charge is 0.508 e. The summed E-state index contributed by atoms with van der Waals surface area (Å²) in [6.45, 7) is 0.156. The van der Waals surface area contributed by atoms with E-state index in [1.807, 2.05) is 0 Å². The molecule has 4 aliphatic heterocycles. The van der Waals surface area contributed by atoms with Gasteiger partial charge in [0.1, 0.15) is 18.0 Å². The topological polar surface area (TPSA) is 240 Å². The number of likely N-dealkylation sites (tertiary alicyclic amines) is 1. The second-order valence-electron chi connectivity index (χ2n) is 14.7. The van der Waals surface area contributed by atoms with Crippen LogP contribution < -0.4 is 16.0 Å².